The fraction of sp³-hybridized carbons (Fsp3) is 0.410. The highest BCUT2D eigenvalue weighted by atomic mass is 15.2. The van der Waals surface area contributed by atoms with Gasteiger partial charge in [-0.05, 0) is 181 Å². The van der Waals surface area contributed by atoms with Gasteiger partial charge in [0.1, 0.15) is 0 Å². The van der Waals surface area contributed by atoms with Crippen molar-refractivity contribution in [2.75, 3.05) is 9.80 Å². The average molecular weight is 841 g/mol. The number of rotatable bonds is 2. The molecule has 0 atom stereocenters. The zero-order valence-electron chi connectivity index (χ0n) is 41.5. The summed E-state index contributed by atoms with van der Waals surface area (Å²) in [4.78, 5) is 5.44. The Morgan fingerprint density at radius 2 is 0.969 bits per heavy atom. The molecule has 2 nitrogen and oxygen atoms in total. The molecule has 0 bridgehead atoms. The minimum absolute atomic E-state index is 0.00975. The fourth-order valence-corrected chi connectivity index (χ4v) is 13.1. The predicted octanol–water partition coefficient (Wildman–Crippen LogP) is 14.7. The first-order chi connectivity index (χ1) is 29.9. The van der Waals surface area contributed by atoms with Gasteiger partial charge in [0.2, 0.25) is 0 Å². The van der Waals surface area contributed by atoms with E-state index in [2.05, 4.69) is 211 Å². The average Bonchev–Trinajstić information content (AvgIpc) is 3.46. The van der Waals surface area contributed by atoms with Crippen molar-refractivity contribution in [1.29, 1.82) is 0 Å². The van der Waals surface area contributed by atoms with Gasteiger partial charge < -0.3 is 9.80 Å². The quantitative estimate of drug-likeness (QED) is 0.160. The van der Waals surface area contributed by atoms with E-state index in [1.165, 1.54) is 137 Å². The monoisotopic (exact) mass is 841 g/mol. The van der Waals surface area contributed by atoms with E-state index in [1.54, 1.807) is 0 Å². The van der Waals surface area contributed by atoms with E-state index in [0.717, 1.165) is 0 Å². The first kappa shape index (κ1) is 41.7. The van der Waals surface area contributed by atoms with E-state index in [9.17, 15) is 0 Å². The molecule has 0 radical (unpaired) electrons. The van der Waals surface area contributed by atoms with Crippen LogP contribution in [0.2, 0.25) is 0 Å². The molecule has 5 aliphatic rings. The third kappa shape index (κ3) is 5.70. The SMILES string of the molecule is Cc1cc2c3c(c1)N(c1cccc4c1C(C)(C)c1ccccc1-4)c1cc4c(cc1B3c1cc(C(C)(C)C)ccc1N2c1cc2c(cc1C)C(C)(C)CCC2(C)C)C(C)(C)CCC4(C)C. The lowest BCUT2D eigenvalue weighted by Gasteiger charge is -2.48. The van der Waals surface area contributed by atoms with Gasteiger partial charge >= 0.3 is 0 Å². The van der Waals surface area contributed by atoms with Crippen molar-refractivity contribution in [2.45, 2.75) is 162 Å². The van der Waals surface area contributed by atoms with Crippen molar-refractivity contribution < 1.29 is 0 Å². The van der Waals surface area contributed by atoms with Gasteiger partial charge in [0.15, 0.2) is 0 Å². The van der Waals surface area contributed by atoms with Crippen LogP contribution in [0.1, 0.15) is 166 Å². The Balaban J connectivity index is 1.28. The van der Waals surface area contributed by atoms with Crippen LogP contribution in [-0.2, 0) is 32.5 Å². The number of anilines is 6. The summed E-state index contributed by atoms with van der Waals surface area (Å²) in [5, 5.41) is 0. The van der Waals surface area contributed by atoms with E-state index in [4.69, 9.17) is 0 Å². The van der Waals surface area contributed by atoms with E-state index >= 15 is 0 Å². The molecule has 6 aromatic rings. The number of nitrogens with zero attached hydrogens (tertiary/aromatic N) is 2. The van der Waals surface area contributed by atoms with Crippen LogP contribution in [0.5, 0.6) is 0 Å². The van der Waals surface area contributed by atoms with Crippen LogP contribution >= 0.6 is 0 Å². The topological polar surface area (TPSA) is 6.48 Å². The molecule has 0 saturated heterocycles. The molecule has 0 unspecified atom stereocenters. The Morgan fingerprint density at radius 1 is 0.453 bits per heavy atom. The van der Waals surface area contributed by atoms with Crippen molar-refractivity contribution >= 4 is 57.2 Å². The maximum Gasteiger partial charge on any atom is 0.252 e. The molecule has 0 aromatic heterocycles. The highest BCUT2D eigenvalue weighted by Gasteiger charge is 2.49. The molecular weight excluding hydrogens is 771 g/mol. The van der Waals surface area contributed by atoms with Gasteiger partial charge in [0.25, 0.3) is 6.71 Å². The lowest BCUT2D eigenvalue weighted by atomic mass is 9.33. The molecule has 3 aliphatic carbocycles. The summed E-state index contributed by atoms with van der Waals surface area (Å²) in [6.07, 6.45) is 4.76. The molecule has 3 heteroatoms. The minimum Gasteiger partial charge on any atom is -0.311 e. The Bertz CT molecular complexity index is 3000. The summed E-state index contributed by atoms with van der Waals surface area (Å²) in [6.45, 7) is 36.6. The van der Waals surface area contributed by atoms with Gasteiger partial charge in [0.05, 0.1) is 5.69 Å². The molecule has 0 amide bonds. The van der Waals surface area contributed by atoms with Crippen LogP contribution in [0.4, 0.5) is 34.1 Å². The zero-order valence-corrected chi connectivity index (χ0v) is 41.5. The molecule has 2 heterocycles. The molecule has 0 fully saturated rings. The molecule has 11 rings (SSSR count). The first-order valence-electron chi connectivity index (χ1n) is 24.4. The van der Waals surface area contributed by atoms with Gasteiger partial charge in [-0.15, -0.1) is 0 Å². The van der Waals surface area contributed by atoms with Gasteiger partial charge in [-0.3, -0.25) is 0 Å². The molecule has 0 spiro atoms. The Morgan fingerprint density at radius 3 is 1.58 bits per heavy atom. The van der Waals surface area contributed by atoms with Crippen LogP contribution in [0.3, 0.4) is 0 Å². The van der Waals surface area contributed by atoms with Crippen LogP contribution in [0.25, 0.3) is 11.1 Å². The minimum atomic E-state index is -0.181. The van der Waals surface area contributed by atoms with Gasteiger partial charge in [0, 0.05) is 33.9 Å². The molecule has 0 saturated carbocycles. The number of benzene rings is 6. The van der Waals surface area contributed by atoms with Crippen molar-refractivity contribution in [1.82, 2.24) is 0 Å². The molecule has 64 heavy (non-hydrogen) atoms. The summed E-state index contributed by atoms with van der Waals surface area (Å²) >= 11 is 0. The van der Waals surface area contributed by atoms with Gasteiger partial charge in [-0.2, -0.15) is 0 Å². The Kier molecular flexibility index (Phi) is 8.52. The van der Waals surface area contributed by atoms with Crippen molar-refractivity contribution in [3.05, 3.63) is 147 Å². The second kappa shape index (κ2) is 13.1. The number of aryl methyl sites for hydroxylation is 2. The molecule has 6 aromatic carbocycles. The molecule has 2 aliphatic heterocycles. The number of hydrogen-bond donors (Lipinski definition) is 0. The fourth-order valence-electron chi connectivity index (χ4n) is 13.1. The first-order valence-corrected chi connectivity index (χ1v) is 24.4. The third-order valence-electron chi connectivity index (χ3n) is 17.3. The van der Waals surface area contributed by atoms with Crippen molar-refractivity contribution in [3.63, 3.8) is 0 Å². The summed E-state index contributed by atoms with van der Waals surface area (Å²) in [6, 6.07) is 39.4. The summed E-state index contributed by atoms with van der Waals surface area (Å²) in [5.74, 6) is 0. The smallest absolute Gasteiger partial charge is 0.252 e. The number of fused-ring (bicyclic) bond motifs is 9. The van der Waals surface area contributed by atoms with Crippen LogP contribution in [0.15, 0.2) is 97.1 Å². The predicted molar refractivity (Wildman–Crippen MR) is 277 cm³/mol. The molecule has 0 N–H and O–H groups in total. The maximum absolute atomic E-state index is 2.74. The number of hydrogen-bond acceptors (Lipinski definition) is 2. The molecular formula is C61H69BN2. The summed E-state index contributed by atoms with van der Waals surface area (Å²) < 4.78 is 0. The highest BCUT2D eigenvalue weighted by Crippen LogP contribution is 2.57. The van der Waals surface area contributed by atoms with E-state index in [-0.39, 0.29) is 39.2 Å². The second-order valence-corrected chi connectivity index (χ2v) is 24.9. The standard InChI is InChI=1S/C61H69BN2/c1-36-29-52-55-53(30-36)64(49-22-18-20-40-39-19-16-17-21-41(39)61(14,15)54(40)49)51-35-45-43(58(8,9)26-28-60(45,12)13)33-47(51)62(55)46-32-38(56(3,4)5)23-24-48(46)63(52)50-34-44-42(31-37(50)2)57(6,7)25-27-59(44,10)11/h16-24,29-35H,25-28H2,1-15H3. The van der Waals surface area contributed by atoms with Crippen LogP contribution < -0.4 is 26.2 Å². The molecule has 326 valence electrons. The maximum atomic E-state index is 2.74. The third-order valence-corrected chi connectivity index (χ3v) is 17.3. The van der Waals surface area contributed by atoms with Gasteiger partial charge in [-0.1, -0.05) is 151 Å². The van der Waals surface area contributed by atoms with Crippen molar-refractivity contribution in [2.24, 2.45) is 0 Å². The van der Waals surface area contributed by atoms with E-state index < -0.39 is 0 Å². The van der Waals surface area contributed by atoms with E-state index in [0.29, 0.717) is 0 Å². The Hall–Kier alpha value is -5.02. The lowest BCUT2D eigenvalue weighted by Crippen LogP contribution is -2.62. The second-order valence-electron chi connectivity index (χ2n) is 24.9. The van der Waals surface area contributed by atoms with Gasteiger partial charge in [-0.25, -0.2) is 0 Å². The van der Waals surface area contributed by atoms with E-state index in [1.807, 2.05) is 0 Å². The summed E-state index contributed by atoms with van der Waals surface area (Å²) in [5.41, 5.74) is 28.0. The van der Waals surface area contributed by atoms with Crippen molar-refractivity contribution in [3.8, 4) is 11.1 Å². The normalized spacial score (nSPS) is 19.8. The van der Waals surface area contributed by atoms with Crippen LogP contribution in [-0.4, -0.2) is 6.71 Å². The zero-order chi connectivity index (χ0) is 45.4. The van der Waals surface area contributed by atoms with Crippen LogP contribution in [0, 0.1) is 13.8 Å². The Labute approximate surface area is 385 Å². The largest absolute Gasteiger partial charge is 0.311 e. The highest BCUT2D eigenvalue weighted by molar-refractivity contribution is 7.00. The lowest BCUT2D eigenvalue weighted by molar-refractivity contribution is 0.332. The summed E-state index contributed by atoms with van der Waals surface area (Å²) in [7, 11) is 0.